The maximum atomic E-state index is 12.3. The highest BCUT2D eigenvalue weighted by Crippen LogP contribution is 2.20. The highest BCUT2D eigenvalue weighted by molar-refractivity contribution is 5.95. The fraction of sp³-hybridized carbons (Fsp3) is 0.588. The van der Waals surface area contributed by atoms with E-state index >= 15 is 0 Å². The van der Waals surface area contributed by atoms with Gasteiger partial charge in [0.1, 0.15) is 0 Å². The van der Waals surface area contributed by atoms with Crippen LogP contribution in [0.4, 0.5) is 0 Å². The maximum Gasteiger partial charge on any atom is 0.251 e. The van der Waals surface area contributed by atoms with Crippen LogP contribution in [-0.2, 0) is 6.42 Å². The van der Waals surface area contributed by atoms with Crippen LogP contribution in [0.1, 0.15) is 43.1 Å². The van der Waals surface area contributed by atoms with Crippen LogP contribution in [0, 0.1) is 5.41 Å². The van der Waals surface area contributed by atoms with Crippen LogP contribution in [0.5, 0.6) is 0 Å². The molecule has 1 amide bonds. The molecule has 0 heterocycles. The Morgan fingerprint density at radius 2 is 1.95 bits per heavy atom. The van der Waals surface area contributed by atoms with Crippen molar-refractivity contribution in [3.63, 3.8) is 0 Å². The molecule has 0 radical (unpaired) electrons. The average molecular weight is 292 g/mol. The third-order valence-corrected chi connectivity index (χ3v) is 3.25. The summed E-state index contributed by atoms with van der Waals surface area (Å²) >= 11 is 0. The Morgan fingerprint density at radius 3 is 2.57 bits per heavy atom. The topological polar surface area (TPSA) is 61.4 Å². The molecule has 0 aliphatic heterocycles. The summed E-state index contributed by atoms with van der Waals surface area (Å²) in [4.78, 5) is 12.3. The van der Waals surface area contributed by atoms with Crippen molar-refractivity contribution < 1.29 is 9.90 Å². The maximum absolute atomic E-state index is 12.3. The first-order valence-electron chi connectivity index (χ1n) is 7.52. The first-order valence-corrected chi connectivity index (χ1v) is 7.52. The van der Waals surface area contributed by atoms with Crippen molar-refractivity contribution in [2.45, 2.75) is 39.7 Å². The van der Waals surface area contributed by atoms with Crippen molar-refractivity contribution in [3.8, 4) is 0 Å². The predicted molar refractivity (Wildman–Crippen MR) is 86.5 cm³/mol. The lowest BCUT2D eigenvalue weighted by atomic mass is 9.89. The second kappa shape index (κ2) is 8.15. The first-order chi connectivity index (χ1) is 9.83. The number of benzene rings is 1. The third-order valence-electron chi connectivity index (χ3n) is 3.25. The summed E-state index contributed by atoms with van der Waals surface area (Å²) in [7, 11) is 1.89. The van der Waals surface area contributed by atoms with Gasteiger partial charge in [-0.2, -0.15) is 0 Å². The van der Waals surface area contributed by atoms with Gasteiger partial charge in [-0.25, -0.2) is 0 Å². The normalized spacial score (nSPS) is 13.0. The van der Waals surface area contributed by atoms with Gasteiger partial charge in [-0.05, 0) is 43.5 Å². The molecule has 0 fully saturated rings. The van der Waals surface area contributed by atoms with Gasteiger partial charge in [0.15, 0.2) is 0 Å². The second-order valence-electron chi connectivity index (χ2n) is 6.64. The van der Waals surface area contributed by atoms with Gasteiger partial charge in [-0.3, -0.25) is 4.79 Å². The van der Waals surface area contributed by atoms with Crippen LogP contribution in [0.3, 0.4) is 0 Å². The van der Waals surface area contributed by atoms with E-state index in [1.165, 1.54) is 0 Å². The lowest BCUT2D eigenvalue weighted by Gasteiger charge is -2.22. The van der Waals surface area contributed by atoms with Crippen molar-refractivity contribution in [1.29, 1.82) is 0 Å². The van der Waals surface area contributed by atoms with E-state index < -0.39 is 6.10 Å². The van der Waals surface area contributed by atoms with Crippen LogP contribution < -0.4 is 10.6 Å². The van der Waals surface area contributed by atoms with Crippen LogP contribution in [0.2, 0.25) is 0 Å². The summed E-state index contributed by atoms with van der Waals surface area (Å²) in [6, 6.07) is 7.61. The van der Waals surface area contributed by atoms with Crippen LogP contribution >= 0.6 is 0 Å². The lowest BCUT2D eigenvalue weighted by molar-refractivity contribution is 0.0868. The van der Waals surface area contributed by atoms with Gasteiger partial charge in [-0.1, -0.05) is 39.0 Å². The predicted octanol–water partition coefficient (Wildman–Crippen LogP) is 1.98. The molecule has 4 heteroatoms. The summed E-state index contributed by atoms with van der Waals surface area (Å²) in [5.41, 5.74) is 1.76. The van der Waals surface area contributed by atoms with E-state index in [1.54, 1.807) is 0 Å². The molecule has 118 valence electrons. The fourth-order valence-electron chi connectivity index (χ4n) is 2.30. The molecule has 3 N–H and O–H groups in total. The Kier molecular flexibility index (Phi) is 6.85. The minimum absolute atomic E-state index is 0.0504. The number of likely N-dealkylation sites (N-methyl/N-ethyl adjacent to an activating group) is 1. The van der Waals surface area contributed by atoms with E-state index in [9.17, 15) is 9.90 Å². The lowest BCUT2D eigenvalue weighted by Crippen LogP contribution is -2.34. The standard InChI is InChI=1S/C17H28N2O2/c1-17(2,3)11-14(20)12-19-16(21)15-8-6-5-7-13(15)9-10-18-4/h5-8,14,18,20H,9-12H2,1-4H3,(H,19,21). The number of hydrogen-bond acceptors (Lipinski definition) is 3. The number of hydrogen-bond donors (Lipinski definition) is 3. The molecule has 0 aliphatic rings. The van der Waals surface area contributed by atoms with Gasteiger partial charge in [0, 0.05) is 12.1 Å². The first kappa shape index (κ1) is 17.7. The Morgan fingerprint density at radius 1 is 1.29 bits per heavy atom. The van der Waals surface area contributed by atoms with E-state index in [-0.39, 0.29) is 17.9 Å². The highest BCUT2D eigenvalue weighted by Gasteiger charge is 2.18. The van der Waals surface area contributed by atoms with E-state index in [0.29, 0.717) is 12.0 Å². The number of aliphatic hydroxyl groups excluding tert-OH is 1. The van der Waals surface area contributed by atoms with Gasteiger partial charge < -0.3 is 15.7 Å². The number of carbonyl (C=O) groups excluding carboxylic acids is 1. The molecule has 21 heavy (non-hydrogen) atoms. The number of amides is 1. The molecule has 1 atom stereocenters. The minimum atomic E-state index is -0.515. The van der Waals surface area contributed by atoms with E-state index in [2.05, 4.69) is 31.4 Å². The summed E-state index contributed by atoms with van der Waals surface area (Å²) < 4.78 is 0. The number of nitrogens with one attached hydrogen (secondary N) is 2. The number of carbonyl (C=O) groups is 1. The zero-order valence-electron chi connectivity index (χ0n) is 13.6. The molecular formula is C17H28N2O2. The summed E-state index contributed by atoms with van der Waals surface area (Å²) in [5, 5.41) is 15.9. The van der Waals surface area contributed by atoms with Crippen molar-refractivity contribution in [2.75, 3.05) is 20.1 Å². The monoisotopic (exact) mass is 292 g/mol. The smallest absolute Gasteiger partial charge is 0.251 e. The van der Waals surface area contributed by atoms with Crippen molar-refractivity contribution in [1.82, 2.24) is 10.6 Å². The molecule has 0 bridgehead atoms. The highest BCUT2D eigenvalue weighted by atomic mass is 16.3. The van der Waals surface area contributed by atoms with E-state index in [1.807, 2.05) is 31.3 Å². The minimum Gasteiger partial charge on any atom is -0.391 e. The molecule has 1 rings (SSSR count). The van der Waals surface area contributed by atoms with Crippen LogP contribution in [0.15, 0.2) is 24.3 Å². The summed E-state index contributed by atoms with van der Waals surface area (Å²) in [5.74, 6) is -0.116. The van der Waals surface area contributed by atoms with Gasteiger partial charge in [0.25, 0.3) is 5.91 Å². The Hall–Kier alpha value is -1.39. The zero-order valence-corrected chi connectivity index (χ0v) is 13.6. The second-order valence-corrected chi connectivity index (χ2v) is 6.64. The van der Waals surface area contributed by atoms with Gasteiger partial charge in [0.05, 0.1) is 6.10 Å². The number of rotatable bonds is 7. The van der Waals surface area contributed by atoms with Crippen LogP contribution in [0.25, 0.3) is 0 Å². The molecule has 1 unspecified atom stereocenters. The van der Waals surface area contributed by atoms with Crippen molar-refractivity contribution >= 4 is 5.91 Å². The van der Waals surface area contributed by atoms with Crippen LogP contribution in [-0.4, -0.2) is 37.3 Å². The fourth-order valence-corrected chi connectivity index (χ4v) is 2.30. The molecule has 0 saturated heterocycles. The largest absolute Gasteiger partial charge is 0.391 e. The quantitative estimate of drug-likeness (QED) is 0.720. The van der Waals surface area contributed by atoms with Gasteiger partial charge in [-0.15, -0.1) is 0 Å². The average Bonchev–Trinajstić information content (AvgIpc) is 2.41. The molecule has 1 aromatic carbocycles. The molecule has 0 aliphatic carbocycles. The Bertz CT molecular complexity index is 452. The molecule has 4 nitrogen and oxygen atoms in total. The van der Waals surface area contributed by atoms with E-state index in [4.69, 9.17) is 0 Å². The molecule has 1 aromatic rings. The summed E-state index contributed by atoms with van der Waals surface area (Å²) in [6.07, 6.45) is 0.956. The zero-order chi connectivity index (χ0) is 15.9. The molecule has 0 spiro atoms. The van der Waals surface area contributed by atoms with Gasteiger partial charge in [0.2, 0.25) is 0 Å². The molecular weight excluding hydrogens is 264 g/mol. The van der Waals surface area contributed by atoms with Gasteiger partial charge >= 0.3 is 0 Å². The van der Waals surface area contributed by atoms with Crippen molar-refractivity contribution in [2.24, 2.45) is 5.41 Å². The Balaban J connectivity index is 2.59. The third kappa shape index (κ3) is 6.74. The SMILES string of the molecule is CNCCc1ccccc1C(=O)NCC(O)CC(C)(C)C. The number of aliphatic hydroxyl groups is 1. The van der Waals surface area contributed by atoms with Crippen molar-refractivity contribution in [3.05, 3.63) is 35.4 Å². The summed E-state index contributed by atoms with van der Waals surface area (Å²) in [6.45, 7) is 7.34. The molecule has 0 saturated carbocycles. The van der Waals surface area contributed by atoms with E-state index in [0.717, 1.165) is 18.5 Å². The molecule has 0 aromatic heterocycles. The Labute approximate surface area is 128 Å².